The third-order valence-electron chi connectivity index (χ3n) is 4.54. The Balaban J connectivity index is 1.88. The van der Waals surface area contributed by atoms with Crippen LogP contribution in [0.15, 0.2) is 42.5 Å². The maximum Gasteiger partial charge on any atom is 0.346 e. The molecule has 0 aliphatic heterocycles. The van der Waals surface area contributed by atoms with Crippen LogP contribution in [0.3, 0.4) is 0 Å². The van der Waals surface area contributed by atoms with E-state index in [0.717, 1.165) is 18.8 Å². The molecule has 9 nitrogen and oxygen atoms in total. The number of rotatable bonds is 9. The van der Waals surface area contributed by atoms with Gasteiger partial charge in [-0.3, -0.25) is 20.4 Å². The second kappa shape index (κ2) is 11.4. The summed E-state index contributed by atoms with van der Waals surface area (Å²) in [6.07, 6.45) is 0. The lowest BCUT2D eigenvalue weighted by Gasteiger charge is -2.21. The number of nitrogens with one attached hydrogen (secondary N) is 2. The number of hydrogen-bond donors (Lipinski definition) is 2. The van der Waals surface area contributed by atoms with Crippen LogP contribution in [-0.2, 0) is 9.53 Å². The lowest BCUT2D eigenvalue weighted by Crippen LogP contribution is -2.43. The van der Waals surface area contributed by atoms with Gasteiger partial charge in [0.05, 0.1) is 14.2 Å². The Morgan fingerprint density at radius 2 is 1.45 bits per heavy atom. The fourth-order valence-electron chi connectivity index (χ4n) is 2.90. The fraction of sp³-hybridized carbons (Fsp3) is 0.318. The third-order valence-corrected chi connectivity index (χ3v) is 4.54. The van der Waals surface area contributed by atoms with Crippen LogP contribution in [0.25, 0.3) is 0 Å². The third kappa shape index (κ3) is 6.11. The van der Waals surface area contributed by atoms with Crippen molar-refractivity contribution in [3.8, 4) is 11.5 Å². The SMILES string of the molecule is CCN(CC)c1ccc(C(=O)NNC(=O)COC(=O)c2c(OC)cccc2OC)cc1. The molecule has 2 aromatic carbocycles. The Hall–Kier alpha value is -3.75. The first-order chi connectivity index (χ1) is 14.9. The van der Waals surface area contributed by atoms with E-state index in [1.807, 2.05) is 12.1 Å². The van der Waals surface area contributed by atoms with Gasteiger partial charge in [0.15, 0.2) is 6.61 Å². The molecule has 31 heavy (non-hydrogen) atoms. The number of nitrogens with zero attached hydrogens (tertiary/aromatic N) is 1. The van der Waals surface area contributed by atoms with Crippen molar-refractivity contribution >= 4 is 23.5 Å². The molecule has 0 aliphatic carbocycles. The van der Waals surface area contributed by atoms with Gasteiger partial charge in [0.1, 0.15) is 17.1 Å². The van der Waals surface area contributed by atoms with Crippen LogP contribution in [0.1, 0.15) is 34.6 Å². The molecular weight excluding hydrogens is 402 g/mol. The molecule has 0 atom stereocenters. The normalized spacial score (nSPS) is 10.1. The number of carbonyl (C=O) groups excluding carboxylic acids is 3. The van der Waals surface area contributed by atoms with E-state index < -0.39 is 24.4 Å². The van der Waals surface area contributed by atoms with Crippen molar-refractivity contribution in [3.05, 3.63) is 53.6 Å². The van der Waals surface area contributed by atoms with Gasteiger partial charge in [-0.2, -0.15) is 0 Å². The van der Waals surface area contributed by atoms with Crippen LogP contribution in [0, 0.1) is 0 Å². The minimum absolute atomic E-state index is 0.0672. The molecule has 9 heteroatoms. The summed E-state index contributed by atoms with van der Waals surface area (Å²) in [5, 5.41) is 0. The molecule has 0 spiro atoms. The Kier molecular flexibility index (Phi) is 8.68. The zero-order chi connectivity index (χ0) is 22.8. The van der Waals surface area contributed by atoms with Crippen molar-refractivity contribution in [1.82, 2.24) is 10.9 Å². The van der Waals surface area contributed by atoms with Crippen molar-refractivity contribution in [2.24, 2.45) is 0 Å². The summed E-state index contributed by atoms with van der Waals surface area (Å²) in [7, 11) is 2.81. The average molecular weight is 429 g/mol. The van der Waals surface area contributed by atoms with Gasteiger partial charge in [0, 0.05) is 24.3 Å². The zero-order valence-electron chi connectivity index (χ0n) is 18.1. The molecular formula is C22H27N3O6. The number of amides is 2. The molecule has 0 saturated heterocycles. The van der Waals surface area contributed by atoms with Gasteiger partial charge >= 0.3 is 5.97 Å². The van der Waals surface area contributed by atoms with Crippen LogP contribution >= 0.6 is 0 Å². The summed E-state index contributed by atoms with van der Waals surface area (Å²) < 4.78 is 15.3. The zero-order valence-corrected chi connectivity index (χ0v) is 18.1. The highest BCUT2D eigenvalue weighted by molar-refractivity contribution is 5.98. The highest BCUT2D eigenvalue weighted by atomic mass is 16.5. The van der Waals surface area contributed by atoms with Crippen LogP contribution in [0.5, 0.6) is 11.5 Å². The predicted molar refractivity (Wildman–Crippen MR) is 115 cm³/mol. The summed E-state index contributed by atoms with van der Waals surface area (Å²) in [6.45, 7) is 5.23. The van der Waals surface area contributed by atoms with E-state index in [1.54, 1.807) is 30.3 Å². The second-order valence-corrected chi connectivity index (χ2v) is 6.34. The van der Waals surface area contributed by atoms with Gasteiger partial charge < -0.3 is 19.1 Å². The molecule has 0 radical (unpaired) electrons. The fourth-order valence-corrected chi connectivity index (χ4v) is 2.90. The summed E-state index contributed by atoms with van der Waals surface area (Å²) in [5.41, 5.74) is 5.96. The van der Waals surface area contributed by atoms with E-state index >= 15 is 0 Å². The Morgan fingerprint density at radius 3 is 1.97 bits per heavy atom. The molecule has 0 heterocycles. The molecule has 0 aliphatic rings. The largest absolute Gasteiger partial charge is 0.496 e. The number of hydrogen-bond acceptors (Lipinski definition) is 7. The Labute approximate surface area is 181 Å². The van der Waals surface area contributed by atoms with E-state index in [-0.39, 0.29) is 17.1 Å². The minimum Gasteiger partial charge on any atom is -0.496 e. The number of carbonyl (C=O) groups is 3. The first kappa shape index (κ1) is 23.5. The molecule has 0 saturated carbocycles. The van der Waals surface area contributed by atoms with E-state index in [0.29, 0.717) is 5.56 Å². The Bertz CT molecular complexity index is 888. The highest BCUT2D eigenvalue weighted by Crippen LogP contribution is 2.28. The highest BCUT2D eigenvalue weighted by Gasteiger charge is 2.20. The Morgan fingerprint density at radius 1 is 0.871 bits per heavy atom. The number of hydrazine groups is 1. The van der Waals surface area contributed by atoms with Crippen LogP contribution in [0.4, 0.5) is 5.69 Å². The van der Waals surface area contributed by atoms with Crippen molar-refractivity contribution in [2.45, 2.75) is 13.8 Å². The van der Waals surface area contributed by atoms with Gasteiger partial charge in [-0.05, 0) is 50.2 Å². The molecule has 0 fully saturated rings. The van der Waals surface area contributed by atoms with Gasteiger partial charge in [0.2, 0.25) is 0 Å². The quantitative estimate of drug-likeness (QED) is 0.465. The van der Waals surface area contributed by atoms with Crippen LogP contribution in [-0.4, -0.2) is 51.7 Å². The molecule has 2 N–H and O–H groups in total. The number of esters is 1. The monoisotopic (exact) mass is 429 g/mol. The predicted octanol–water partition coefficient (Wildman–Crippen LogP) is 2.17. The minimum atomic E-state index is -0.789. The van der Waals surface area contributed by atoms with Crippen LogP contribution in [0.2, 0.25) is 0 Å². The summed E-state index contributed by atoms with van der Waals surface area (Å²) in [4.78, 5) is 38.7. The van der Waals surface area contributed by atoms with E-state index in [4.69, 9.17) is 14.2 Å². The lowest BCUT2D eigenvalue weighted by molar-refractivity contribution is -0.125. The van der Waals surface area contributed by atoms with Gasteiger partial charge in [0.25, 0.3) is 11.8 Å². The van der Waals surface area contributed by atoms with Gasteiger partial charge in [-0.25, -0.2) is 4.79 Å². The smallest absolute Gasteiger partial charge is 0.346 e. The van der Waals surface area contributed by atoms with E-state index in [2.05, 4.69) is 29.6 Å². The maximum absolute atomic E-state index is 12.4. The van der Waals surface area contributed by atoms with Crippen molar-refractivity contribution in [3.63, 3.8) is 0 Å². The number of anilines is 1. The maximum atomic E-state index is 12.4. The first-order valence-electron chi connectivity index (χ1n) is 9.77. The molecule has 2 aromatic rings. The lowest BCUT2D eigenvalue weighted by atomic mass is 10.2. The van der Waals surface area contributed by atoms with Gasteiger partial charge in [-0.1, -0.05) is 6.07 Å². The summed E-state index contributed by atoms with van der Waals surface area (Å²) in [5.74, 6) is -1.47. The van der Waals surface area contributed by atoms with Crippen molar-refractivity contribution in [1.29, 1.82) is 0 Å². The molecule has 0 unspecified atom stereocenters. The van der Waals surface area contributed by atoms with Gasteiger partial charge in [-0.15, -0.1) is 0 Å². The molecule has 0 bridgehead atoms. The standard InChI is InChI=1S/C22H27N3O6/c1-5-25(6-2)16-12-10-15(11-13-16)21(27)24-23-19(26)14-31-22(28)20-17(29-3)8-7-9-18(20)30-4/h7-13H,5-6,14H2,1-4H3,(H,23,26)(H,24,27). The van der Waals surface area contributed by atoms with E-state index in [9.17, 15) is 14.4 Å². The molecule has 166 valence electrons. The molecule has 2 amide bonds. The molecule has 0 aromatic heterocycles. The first-order valence-corrected chi connectivity index (χ1v) is 9.77. The number of ether oxygens (including phenoxy) is 3. The summed E-state index contributed by atoms with van der Waals surface area (Å²) >= 11 is 0. The molecule has 2 rings (SSSR count). The van der Waals surface area contributed by atoms with E-state index in [1.165, 1.54) is 14.2 Å². The second-order valence-electron chi connectivity index (χ2n) is 6.34. The topological polar surface area (TPSA) is 106 Å². The number of methoxy groups -OCH3 is 2. The number of benzene rings is 2. The van der Waals surface area contributed by atoms with Crippen molar-refractivity contribution < 1.29 is 28.6 Å². The van der Waals surface area contributed by atoms with Crippen LogP contribution < -0.4 is 25.2 Å². The average Bonchev–Trinajstić information content (AvgIpc) is 2.81. The summed E-state index contributed by atoms with van der Waals surface area (Å²) in [6, 6.07) is 11.8. The van der Waals surface area contributed by atoms with Crippen molar-refractivity contribution in [2.75, 3.05) is 38.8 Å².